The first-order valence-electron chi connectivity index (χ1n) is 4.16. The molecule has 0 heterocycles. The average Bonchev–Trinajstić information content (AvgIpc) is 2.16. The van der Waals surface area contributed by atoms with E-state index in [1.165, 1.54) is 0 Å². The van der Waals surface area contributed by atoms with Crippen LogP contribution in [0.1, 0.15) is 5.56 Å². The summed E-state index contributed by atoms with van der Waals surface area (Å²) >= 11 is 0. The Balaban J connectivity index is 2.54. The van der Waals surface area contributed by atoms with Crippen LogP contribution in [0, 0.1) is 6.92 Å². The number of hydrogen-bond acceptors (Lipinski definition) is 2. The Hall–Kier alpha value is -1.58. The van der Waals surface area contributed by atoms with Crippen LogP contribution >= 0.6 is 0 Å². The molecule has 1 atom stereocenters. The van der Waals surface area contributed by atoms with Crippen molar-refractivity contribution in [3.05, 3.63) is 29.8 Å². The number of hydrogen-bond donors (Lipinski definition) is 1. The first kappa shape index (κ1) is 10.5. The van der Waals surface area contributed by atoms with Gasteiger partial charge in [-0.3, -0.25) is 0 Å². The van der Waals surface area contributed by atoms with Crippen LogP contribution < -0.4 is 4.74 Å². The molecule has 0 aromatic heterocycles. The van der Waals surface area contributed by atoms with E-state index < -0.39 is 18.7 Å². The lowest BCUT2D eigenvalue weighted by molar-refractivity contribution is -0.143. The van der Waals surface area contributed by atoms with Crippen molar-refractivity contribution in [2.24, 2.45) is 0 Å². The van der Waals surface area contributed by atoms with E-state index in [-0.39, 0.29) is 0 Å². The number of ether oxygens (including phenoxy) is 1. The number of alkyl halides is 1. The number of para-hydroxylation sites is 1. The molecule has 1 aromatic rings. The first-order chi connectivity index (χ1) is 6.61. The number of carboxylic acids is 1. The Morgan fingerprint density at radius 2 is 2.21 bits per heavy atom. The Bertz CT molecular complexity index is 325. The standard InChI is InChI=1S/C10H11FO3/c1-7-4-2-3-5-9(7)14-6-8(11)10(12)13/h2-5,8H,6H2,1H3,(H,12,13). The molecule has 0 aliphatic rings. The Morgan fingerprint density at radius 3 is 2.79 bits per heavy atom. The van der Waals surface area contributed by atoms with Gasteiger partial charge in [-0.1, -0.05) is 18.2 Å². The lowest BCUT2D eigenvalue weighted by Crippen LogP contribution is -2.22. The van der Waals surface area contributed by atoms with E-state index in [4.69, 9.17) is 9.84 Å². The summed E-state index contributed by atoms with van der Waals surface area (Å²) in [5.74, 6) is -0.991. The highest BCUT2D eigenvalue weighted by Gasteiger charge is 2.16. The van der Waals surface area contributed by atoms with Crippen molar-refractivity contribution in [1.82, 2.24) is 0 Å². The molecular formula is C10H11FO3. The minimum atomic E-state index is -1.98. The molecule has 1 aromatic carbocycles. The summed E-state index contributed by atoms with van der Waals surface area (Å²) in [6.07, 6.45) is -1.98. The van der Waals surface area contributed by atoms with Gasteiger partial charge < -0.3 is 9.84 Å². The second kappa shape index (κ2) is 4.60. The largest absolute Gasteiger partial charge is 0.490 e. The van der Waals surface area contributed by atoms with E-state index in [1.54, 1.807) is 12.1 Å². The van der Waals surface area contributed by atoms with Crippen molar-refractivity contribution in [1.29, 1.82) is 0 Å². The first-order valence-corrected chi connectivity index (χ1v) is 4.16. The summed E-state index contributed by atoms with van der Waals surface area (Å²) in [5, 5.41) is 8.27. The van der Waals surface area contributed by atoms with Gasteiger partial charge in [0.2, 0.25) is 6.17 Å². The topological polar surface area (TPSA) is 46.5 Å². The summed E-state index contributed by atoms with van der Waals surface area (Å²) in [5.41, 5.74) is 0.852. The van der Waals surface area contributed by atoms with Crippen LogP contribution in [-0.4, -0.2) is 23.9 Å². The molecule has 1 unspecified atom stereocenters. The van der Waals surface area contributed by atoms with Crippen LogP contribution in [0.4, 0.5) is 4.39 Å². The molecule has 1 N–H and O–H groups in total. The van der Waals surface area contributed by atoms with Gasteiger partial charge in [0.15, 0.2) is 0 Å². The van der Waals surface area contributed by atoms with Crippen LogP contribution in [0.25, 0.3) is 0 Å². The molecule has 4 heteroatoms. The van der Waals surface area contributed by atoms with Crippen molar-refractivity contribution in [3.63, 3.8) is 0 Å². The Labute approximate surface area is 81.1 Å². The molecule has 0 radical (unpaired) electrons. The SMILES string of the molecule is Cc1ccccc1OCC(F)C(=O)O. The maximum atomic E-state index is 12.6. The van der Waals surface area contributed by atoms with Gasteiger partial charge in [-0.2, -0.15) is 0 Å². The molecule has 0 fully saturated rings. The normalized spacial score (nSPS) is 12.1. The predicted octanol–water partition coefficient (Wildman–Crippen LogP) is 1.80. The highest BCUT2D eigenvalue weighted by atomic mass is 19.1. The molecule has 0 amide bonds. The second-order valence-electron chi connectivity index (χ2n) is 2.88. The lowest BCUT2D eigenvalue weighted by atomic mass is 10.2. The van der Waals surface area contributed by atoms with Crippen molar-refractivity contribution < 1.29 is 19.0 Å². The monoisotopic (exact) mass is 198 g/mol. The van der Waals surface area contributed by atoms with Crippen molar-refractivity contribution in [3.8, 4) is 5.75 Å². The molecule has 0 aliphatic heterocycles. The van der Waals surface area contributed by atoms with Gasteiger partial charge in [0.25, 0.3) is 0 Å². The summed E-state index contributed by atoms with van der Waals surface area (Å²) in [7, 11) is 0. The molecule has 0 aliphatic carbocycles. The number of rotatable bonds is 4. The molecule has 0 bridgehead atoms. The zero-order valence-electron chi connectivity index (χ0n) is 7.74. The molecule has 0 saturated heterocycles. The number of carbonyl (C=O) groups is 1. The van der Waals surface area contributed by atoms with E-state index in [1.807, 2.05) is 19.1 Å². The van der Waals surface area contributed by atoms with Crippen LogP contribution in [-0.2, 0) is 4.79 Å². The van der Waals surface area contributed by atoms with Crippen LogP contribution in [0.2, 0.25) is 0 Å². The predicted molar refractivity (Wildman–Crippen MR) is 49.2 cm³/mol. The van der Waals surface area contributed by atoms with E-state index in [0.717, 1.165) is 5.56 Å². The lowest BCUT2D eigenvalue weighted by Gasteiger charge is -2.09. The second-order valence-corrected chi connectivity index (χ2v) is 2.88. The molecule has 14 heavy (non-hydrogen) atoms. The third-order valence-corrected chi connectivity index (χ3v) is 1.75. The minimum absolute atomic E-state index is 0.458. The van der Waals surface area contributed by atoms with E-state index in [9.17, 15) is 9.18 Å². The molecule has 0 saturated carbocycles. The highest BCUT2D eigenvalue weighted by Crippen LogP contribution is 2.16. The summed E-state index contributed by atoms with van der Waals surface area (Å²) < 4.78 is 17.6. The summed E-state index contributed by atoms with van der Waals surface area (Å²) in [4.78, 5) is 10.2. The maximum absolute atomic E-state index is 12.6. The fraction of sp³-hybridized carbons (Fsp3) is 0.300. The summed E-state index contributed by atoms with van der Waals surface area (Å²) in [6, 6.07) is 7.05. The number of halogens is 1. The smallest absolute Gasteiger partial charge is 0.341 e. The zero-order valence-corrected chi connectivity index (χ0v) is 7.74. The van der Waals surface area contributed by atoms with Crippen molar-refractivity contribution in [2.45, 2.75) is 13.1 Å². The molecule has 76 valence electrons. The van der Waals surface area contributed by atoms with E-state index >= 15 is 0 Å². The molecule has 1 rings (SSSR count). The fourth-order valence-electron chi connectivity index (χ4n) is 0.953. The Morgan fingerprint density at radius 1 is 1.57 bits per heavy atom. The maximum Gasteiger partial charge on any atom is 0.341 e. The molecule has 3 nitrogen and oxygen atoms in total. The highest BCUT2D eigenvalue weighted by molar-refractivity contribution is 5.72. The van der Waals surface area contributed by atoms with Gasteiger partial charge in [0.1, 0.15) is 12.4 Å². The fourth-order valence-corrected chi connectivity index (χ4v) is 0.953. The Kier molecular flexibility index (Phi) is 3.45. The van der Waals surface area contributed by atoms with Gasteiger partial charge in [-0.15, -0.1) is 0 Å². The number of aryl methyl sites for hydroxylation is 1. The van der Waals surface area contributed by atoms with Crippen LogP contribution in [0.5, 0.6) is 5.75 Å². The third kappa shape index (κ3) is 2.73. The average molecular weight is 198 g/mol. The molecule has 0 spiro atoms. The molecular weight excluding hydrogens is 187 g/mol. The number of carboxylic acid groups (broad SMARTS) is 1. The number of benzene rings is 1. The number of aliphatic carboxylic acids is 1. The van der Waals surface area contributed by atoms with Crippen LogP contribution in [0.15, 0.2) is 24.3 Å². The van der Waals surface area contributed by atoms with Gasteiger partial charge in [0.05, 0.1) is 0 Å². The van der Waals surface area contributed by atoms with Gasteiger partial charge in [0, 0.05) is 0 Å². The zero-order chi connectivity index (χ0) is 10.6. The van der Waals surface area contributed by atoms with E-state index in [0.29, 0.717) is 5.75 Å². The van der Waals surface area contributed by atoms with Gasteiger partial charge in [-0.25, -0.2) is 9.18 Å². The van der Waals surface area contributed by atoms with Gasteiger partial charge in [-0.05, 0) is 18.6 Å². The summed E-state index contributed by atoms with van der Waals surface area (Å²) in [6.45, 7) is 1.35. The van der Waals surface area contributed by atoms with E-state index in [2.05, 4.69) is 0 Å². The minimum Gasteiger partial charge on any atom is -0.490 e. The van der Waals surface area contributed by atoms with Crippen LogP contribution in [0.3, 0.4) is 0 Å². The van der Waals surface area contributed by atoms with Crippen molar-refractivity contribution >= 4 is 5.97 Å². The van der Waals surface area contributed by atoms with Crippen molar-refractivity contribution in [2.75, 3.05) is 6.61 Å². The quantitative estimate of drug-likeness (QED) is 0.802. The van der Waals surface area contributed by atoms with Gasteiger partial charge >= 0.3 is 5.97 Å². The third-order valence-electron chi connectivity index (χ3n) is 1.75.